The van der Waals surface area contributed by atoms with Crippen molar-refractivity contribution in [3.8, 4) is 17.6 Å². The van der Waals surface area contributed by atoms with Crippen LogP contribution in [0.15, 0.2) is 30.6 Å². The molecule has 0 N–H and O–H groups in total. The summed E-state index contributed by atoms with van der Waals surface area (Å²) in [5.41, 5.74) is 1.47. The van der Waals surface area contributed by atoms with E-state index in [1.54, 1.807) is 16.9 Å². The Labute approximate surface area is 122 Å². The summed E-state index contributed by atoms with van der Waals surface area (Å²) >= 11 is 5.57. The Morgan fingerprint density at radius 1 is 1.45 bits per heavy atom. The molecule has 0 amide bonds. The molecule has 0 unspecified atom stereocenters. The van der Waals surface area contributed by atoms with E-state index >= 15 is 0 Å². The molecule has 0 aliphatic heterocycles. The number of aromatic nitrogens is 2. The summed E-state index contributed by atoms with van der Waals surface area (Å²) in [6.45, 7) is 0.365. The molecule has 0 aliphatic rings. The SMILES string of the molecule is Cn1cc(COc2ccc(F)cc2C#CCCCl)cn1. The van der Waals surface area contributed by atoms with Gasteiger partial charge in [0.1, 0.15) is 18.2 Å². The van der Waals surface area contributed by atoms with Crippen molar-refractivity contribution >= 4 is 11.6 Å². The van der Waals surface area contributed by atoms with Gasteiger partial charge in [-0.05, 0) is 18.2 Å². The molecule has 1 aromatic heterocycles. The molecule has 5 heteroatoms. The summed E-state index contributed by atoms with van der Waals surface area (Å²) in [5, 5.41) is 4.06. The maximum absolute atomic E-state index is 13.3. The van der Waals surface area contributed by atoms with Crippen molar-refractivity contribution in [2.45, 2.75) is 13.0 Å². The monoisotopic (exact) mass is 292 g/mol. The van der Waals surface area contributed by atoms with Crippen molar-refractivity contribution in [3.05, 3.63) is 47.5 Å². The van der Waals surface area contributed by atoms with E-state index in [9.17, 15) is 4.39 Å². The third kappa shape index (κ3) is 4.01. The van der Waals surface area contributed by atoms with Crippen molar-refractivity contribution in [1.82, 2.24) is 9.78 Å². The molecule has 0 radical (unpaired) electrons. The van der Waals surface area contributed by atoms with Gasteiger partial charge in [0.2, 0.25) is 0 Å². The third-order valence-electron chi connectivity index (χ3n) is 2.54. The molecular formula is C15H14ClFN2O. The zero-order valence-corrected chi connectivity index (χ0v) is 11.8. The van der Waals surface area contributed by atoms with Crippen LogP contribution in [0.1, 0.15) is 17.5 Å². The second-order valence-corrected chi connectivity index (χ2v) is 4.57. The summed E-state index contributed by atoms with van der Waals surface area (Å²) in [6, 6.07) is 4.29. The molecular weight excluding hydrogens is 279 g/mol. The van der Waals surface area contributed by atoms with Crippen LogP contribution in [0.5, 0.6) is 5.75 Å². The molecule has 104 valence electrons. The minimum Gasteiger partial charge on any atom is -0.487 e. The van der Waals surface area contributed by atoms with Gasteiger partial charge in [-0.15, -0.1) is 11.6 Å². The summed E-state index contributed by atoms with van der Waals surface area (Å²) in [6.07, 6.45) is 4.14. The first-order valence-electron chi connectivity index (χ1n) is 6.14. The predicted molar refractivity (Wildman–Crippen MR) is 76.2 cm³/mol. The predicted octanol–water partition coefficient (Wildman–Crippen LogP) is 3.12. The number of hydrogen-bond donors (Lipinski definition) is 0. The van der Waals surface area contributed by atoms with Crippen LogP contribution in [-0.4, -0.2) is 15.7 Å². The van der Waals surface area contributed by atoms with Crippen LogP contribution >= 0.6 is 11.6 Å². The Kier molecular flexibility index (Phi) is 5.03. The Morgan fingerprint density at radius 2 is 2.30 bits per heavy atom. The summed E-state index contributed by atoms with van der Waals surface area (Å²) in [5.74, 6) is 6.42. The maximum atomic E-state index is 13.3. The van der Waals surface area contributed by atoms with Crippen LogP contribution in [0, 0.1) is 17.7 Å². The second kappa shape index (κ2) is 6.97. The number of nitrogens with zero attached hydrogens (tertiary/aromatic N) is 2. The first-order valence-corrected chi connectivity index (χ1v) is 6.67. The van der Waals surface area contributed by atoms with Gasteiger partial charge in [-0.3, -0.25) is 4.68 Å². The van der Waals surface area contributed by atoms with Gasteiger partial charge in [0, 0.05) is 31.1 Å². The standard InChI is InChI=1S/C15H14ClFN2O/c1-19-10-12(9-18-19)11-20-15-6-5-14(17)8-13(15)4-2-3-7-16/h5-6,8-10H,3,7,11H2,1H3. The average Bonchev–Trinajstić information content (AvgIpc) is 2.84. The van der Waals surface area contributed by atoms with Crippen LogP contribution in [-0.2, 0) is 13.7 Å². The summed E-state index contributed by atoms with van der Waals surface area (Å²) in [4.78, 5) is 0. The molecule has 1 aromatic carbocycles. The highest BCUT2D eigenvalue weighted by atomic mass is 35.5. The van der Waals surface area contributed by atoms with Gasteiger partial charge in [0.05, 0.1) is 11.8 Å². The molecule has 0 saturated carbocycles. The zero-order chi connectivity index (χ0) is 14.4. The van der Waals surface area contributed by atoms with E-state index in [-0.39, 0.29) is 5.82 Å². The van der Waals surface area contributed by atoms with Gasteiger partial charge in [-0.2, -0.15) is 5.10 Å². The quantitative estimate of drug-likeness (QED) is 0.639. The first kappa shape index (κ1) is 14.4. The fourth-order valence-corrected chi connectivity index (χ4v) is 1.73. The normalized spacial score (nSPS) is 9.95. The van der Waals surface area contributed by atoms with Crippen LogP contribution in [0.3, 0.4) is 0 Å². The van der Waals surface area contributed by atoms with Crippen LogP contribution in [0.2, 0.25) is 0 Å². The largest absolute Gasteiger partial charge is 0.487 e. The van der Waals surface area contributed by atoms with Crippen LogP contribution in [0.4, 0.5) is 4.39 Å². The highest BCUT2D eigenvalue weighted by Crippen LogP contribution is 2.20. The molecule has 3 nitrogen and oxygen atoms in total. The number of rotatable bonds is 4. The summed E-state index contributed by atoms with van der Waals surface area (Å²) in [7, 11) is 1.84. The van der Waals surface area contributed by atoms with Gasteiger partial charge < -0.3 is 4.74 Å². The molecule has 2 rings (SSSR count). The number of aryl methyl sites for hydroxylation is 1. The molecule has 1 heterocycles. The lowest BCUT2D eigenvalue weighted by atomic mass is 10.2. The minimum atomic E-state index is -0.339. The first-order chi connectivity index (χ1) is 9.69. The molecule has 0 aliphatic carbocycles. The summed E-state index contributed by atoms with van der Waals surface area (Å²) < 4.78 is 20.6. The van der Waals surface area contributed by atoms with Gasteiger partial charge in [-0.25, -0.2) is 4.39 Å². The van der Waals surface area contributed by atoms with Crippen molar-refractivity contribution in [1.29, 1.82) is 0 Å². The fourth-order valence-electron chi connectivity index (χ4n) is 1.64. The van der Waals surface area contributed by atoms with E-state index in [1.807, 2.05) is 13.2 Å². The molecule has 0 spiro atoms. The van der Waals surface area contributed by atoms with Gasteiger partial charge >= 0.3 is 0 Å². The molecule has 2 aromatic rings. The van der Waals surface area contributed by atoms with Gasteiger partial charge in [0.25, 0.3) is 0 Å². The Balaban J connectivity index is 2.12. The van der Waals surface area contributed by atoms with Gasteiger partial charge in [0.15, 0.2) is 0 Å². The van der Waals surface area contributed by atoms with Crippen molar-refractivity contribution < 1.29 is 9.13 Å². The molecule has 0 bridgehead atoms. The Bertz CT molecular complexity index is 643. The van der Waals surface area contributed by atoms with E-state index in [2.05, 4.69) is 16.9 Å². The highest BCUT2D eigenvalue weighted by Gasteiger charge is 2.05. The van der Waals surface area contributed by atoms with Gasteiger partial charge in [-0.1, -0.05) is 11.8 Å². The fraction of sp³-hybridized carbons (Fsp3) is 0.267. The third-order valence-corrected chi connectivity index (χ3v) is 2.73. The van der Waals surface area contributed by atoms with E-state index in [0.29, 0.717) is 30.2 Å². The maximum Gasteiger partial charge on any atom is 0.135 e. The number of ether oxygens (including phenoxy) is 1. The average molecular weight is 293 g/mol. The lowest BCUT2D eigenvalue weighted by Gasteiger charge is -2.07. The van der Waals surface area contributed by atoms with Crippen molar-refractivity contribution in [2.75, 3.05) is 5.88 Å². The van der Waals surface area contributed by atoms with E-state index < -0.39 is 0 Å². The topological polar surface area (TPSA) is 27.1 Å². The van der Waals surface area contributed by atoms with Crippen LogP contribution in [0.25, 0.3) is 0 Å². The Hall–Kier alpha value is -1.99. The molecule has 0 saturated heterocycles. The van der Waals surface area contributed by atoms with E-state index in [4.69, 9.17) is 16.3 Å². The number of hydrogen-bond acceptors (Lipinski definition) is 2. The van der Waals surface area contributed by atoms with Crippen molar-refractivity contribution in [3.63, 3.8) is 0 Å². The molecule has 0 fully saturated rings. The molecule has 0 atom stereocenters. The lowest BCUT2D eigenvalue weighted by Crippen LogP contribution is -1.97. The Morgan fingerprint density at radius 3 is 3.00 bits per heavy atom. The highest BCUT2D eigenvalue weighted by molar-refractivity contribution is 6.18. The van der Waals surface area contributed by atoms with E-state index in [1.165, 1.54) is 12.1 Å². The number of halogens is 2. The molecule has 20 heavy (non-hydrogen) atoms. The van der Waals surface area contributed by atoms with E-state index in [0.717, 1.165) is 5.56 Å². The minimum absolute atomic E-state index is 0.339. The number of alkyl halides is 1. The van der Waals surface area contributed by atoms with Crippen molar-refractivity contribution in [2.24, 2.45) is 7.05 Å². The second-order valence-electron chi connectivity index (χ2n) is 4.19. The number of benzene rings is 1. The lowest BCUT2D eigenvalue weighted by molar-refractivity contribution is 0.305. The van der Waals surface area contributed by atoms with Crippen LogP contribution < -0.4 is 4.74 Å². The smallest absolute Gasteiger partial charge is 0.135 e. The zero-order valence-electron chi connectivity index (χ0n) is 11.1.